The lowest BCUT2D eigenvalue weighted by atomic mass is 10.00. The molecule has 7 heteroatoms. The fourth-order valence-electron chi connectivity index (χ4n) is 3.65. The number of benzene rings is 2. The molecular formula is C23H24O7. The van der Waals surface area contributed by atoms with E-state index < -0.39 is 36.2 Å². The zero-order valence-electron chi connectivity index (χ0n) is 16.9. The molecule has 2 saturated heterocycles. The van der Waals surface area contributed by atoms with E-state index in [4.69, 9.17) is 23.7 Å². The van der Waals surface area contributed by atoms with Crippen molar-refractivity contribution >= 4 is 11.9 Å². The zero-order chi connectivity index (χ0) is 21.1. The third-order valence-corrected chi connectivity index (χ3v) is 5.10. The van der Waals surface area contributed by atoms with Crippen molar-refractivity contribution in [2.75, 3.05) is 13.2 Å². The Hall–Kier alpha value is -2.74. The van der Waals surface area contributed by atoms with Crippen LogP contribution in [0.3, 0.4) is 0 Å². The summed E-state index contributed by atoms with van der Waals surface area (Å²) < 4.78 is 28.6. The normalized spacial score (nSPS) is 26.7. The smallest absolute Gasteiger partial charge is 0.338 e. The van der Waals surface area contributed by atoms with Gasteiger partial charge in [0.05, 0.1) is 23.7 Å². The van der Waals surface area contributed by atoms with E-state index in [1.54, 1.807) is 62.4 Å². The number of esters is 2. The lowest BCUT2D eigenvalue weighted by Crippen LogP contribution is -2.36. The van der Waals surface area contributed by atoms with E-state index in [2.05, 4.69) is 0 Å². The van der Waals surface area contributed by atoms with Gasteiger partial charge < -0.3 is 23.7 Å². The number of carbonyl (C=O) groups excluding carboxylic acids is 2. The Balaban J connectivity index is 1.41. The predicted molar refractivity (Wildman–Crippen MR) is 106 cm³/mol. The summed E-state index contributed by atoms with van der Waals surface area (Å²) in [6.45, 7) is 3.65. The third kappa shape index (κ3) is 4.53. The molecule has 0 aromatic heterocycles. The lowest BCUT2D eigenvalue weighted by Gasteiger charge is -2.25. The summed E-state index contributed by atoms with van der Waals surface area (Å²) in [5.41, 5.74) is 0.917. The Morgan fingerprint density at radius 2 is 1.37 bits per heavy atom. The molecule has 30 heavy (non-hydrogen) atoms. The molecule has 2 aliphatic heterocycles. The van der Waals surface area contributed by atoms with Crippen LogP contribution in [-0.4, -0.2) is 49.4 Å². The molecule has 158 valence electrons. The molecule has 0 bridgehead atoms. The first-order valence-corrected chi connectivity index (χ1v) is 9.88. The average Bonchev–Trinajstić information content (AvgIpc) is 3.22. The van der Waals surface area contributed by atoms with Crippen molar-refractivity contribution in [2.24, 2.45) is 5.92 Å². The van der Waals surface area contributed by atoms with Crippen LogP contribution in [0.15, 0.2) is 60.7 Å². The SMILES string of the molecule is CC1(C)OC2OC(COC(=O)c3ccccc3)C(COC(=O)c3ccccc3)C2O1. The maximum Gasteiger partial charge on any atom is 0.338 e. The van der Waals surface area contributed by atoms with Gasteiger partial charge in [-0.05, 0) is 38.1 Å². The van der Waals surface area contributed by atoms with E-state index in [0.717, 1.165) is 0 Å². The van der Waals surface area contributed by atoms with Crippen molar-refractivity contribution in [1.82, 2.24) is 0 Å². The molecule has 4 atom stereocenters. The summed E-state index contributed by atoms with van der Waals surface area (Å²) >= 11 is 0. The molecule has 7 nitrogen and oxygen atoms in total. The zero-order valence-corrected chi connectivity index (χ0v) is 16.9. The molecule has 2 aromatic rings. The highest BCUT2D eigenvalue weighted by Gasteiger charge is 2.55. The highest BCUT2D eigenvalue weighted by molar-refractivity contribution is 5.89. The van der Waals surface area contributed by atoms with Crippen molar-refractivity contribution in [3.63, 3.8) is 0 Å². The van der Waals surface area contributed by atoms with Gasteiger partial charge in [0.25, 0.3) is 0 Å². The summed E-state index contributed by atoms with van der Waals surface area (Å²) in [4.78, 5) is 24.6. The van der Waals surface area contributed by atoms with Crippen LogP contribution < -0.4 is 0 Å². The average molecular weight is 412 g/mol. The minimum absolute atomic E-state index is 0.00142. The second-order valence-corrected chi connectivity index (χ2v) is 7.74. The van der Waals surface area contributed by atoms with Gasteiger partial charge in [0.2, 0.25) is 0 Å². The van der Waals surface area contributed by atoms with Crippen LogP contribution in [0, 0.1) is 5.92 Å². The highest BCUT2D eigenvalue weighted by Crippen LogP contribution is 2.41. The monoisotopic (exact) mass is 412 g/mol. The molecule has 0 N–H and O–H groups in total. The van der Waals surface area contributed by atoms with Gasteiger partial charge in [0.15, 0.2) is 12.1 Å². The van der Waals surface area contributed by atoms with E-state index in [0.29, 0.717) is 11.1 Å². The number of ether oxygens (including phenoxy) is 5. The van der Waals surface area contributed by atoms with Crippen molar-refractivity contribution in [3.05, 3.63) is 71.8 Å². The molecule has 0 saturated carbocycles. The van der Waals surface area contributed by atoms with E-state index in [9.17, 15) is 9.59 Å². The first kappa shape index (κ1) is 20.5. The number of hydrogen-bond donors (Lipinski definition) is 0. The van der Waals surface area contributed by atoms with Gasteiger partial charge in [-0.25, -0.2) is 9.59 Å². The number of rotatable bonds is 6. The van der Waals surface area contributed by atoms with E-state index in [1.165, 1.54) is 0 Å². The topological polar surface area (TPSA) is 80.3 Å². The van der Waals surface area contributed by atoms with E-state index in [-0.39, 0.29) is 19.1 Å². The molecule has 4 unspecified atom stereocenters. The number of carbonyl (C=O) groups is 2. The van der Waals surface area contributed by atoms with Crippen LogP contribution in [0.5, 0.6) is 0 Å². The molecule has 2 aromatic carbocycles. The maximum absolute atomic E-state index is 12.4. The largest absolute Gasteiger partial charge is 0.462 e. The van der Waals surface area contributed by atoms with Crippen molar-refractivity contribution < 1.29 is 33.3 Å². The van der Waals surface area contributed by atoms with Gasteiger partial charge in [0.1, 0.15) is 18.8 Å². The summed E-state index contributed by atoms with van der Waals surface area (Å²) in [5, 5.41) is 0. The Bertz CT molecular complexity index is 881. The van der Waals surface area contributed by atoms with Gasteiger partial charge >= 0.3 is 11.9 Å². The van der Waals surface area contributed by atoms with Gasteiger partial charge in [-0.15, -0.1) is 0 Å². The molecule has 2 heterocycles. The van der Waals surface area contributed by atoms with E-state index >= 15 is 0 Å². The van der Waals surface area contributed by atoms with Crippen LogP contribution in [0.1, 0.15) is 34.6 Å². The van der Waals surface area contributed by atoms with Gasteiger partial charge in [0, 0.05) is 0 Å². The standard InChI is InChI=1S/C23H24O7/c1-23(2)29-19-17(13-26-20(24)15-9-5-3-6-10-15)18(28-22(19)30-23)14-27-21(25)16-11-7-4-8-12-16/h3-12,17-19,22H,13-14H2,1-2H3. The molecule has 4 rings (SSSR count). The summed E-state index contributed by atoms with van der Waals surface area (Å²) in [7, 11) is 0. The third-order valence-electron chi connectivity index (χ3n) is 5.10. The summed E-state index contributed by atoms with van der Waals surface area (Å²) in [5.74, 6) is -2.02. The van der Waals surface area contributed by atoms with Crippen LogP contribution in [0.2, 0.25) is 0 Å². The van der Waals surface area contributed by atoms with Gasteiger partial charge in [-0.1, -0.05) is 36.4 Å². The van der Waals surface area contributed by atoms with Crippen LogP contribution in [-0.2, 0) is 23.7 Å². The molecule has 0 amide bonds. The summed E-state index contributed by atoms with van der Waals surface area (Å²) in [6, 6.07) is 17.5. The molecule has 0 spiro atoms. The lowest BCUT2D eigenvalue weighted by molar-refractivity contribution is -0.214. The van der Waals surface area contributed by atoms with E-state index in [1.807, 2.05) is 12.1 Å². The van der Waals surface area contributed by atoms with Crippen LogP contribution >= 0.6 is 0 Å². The molecular weight excluding hydrogens is 388 g/mol. The Morgan fingerprint density at radius 1 is 0.833 bits per heavy atom. The second-order valence-electron chi connectivity index (χ2n) is 7.74. The van der Waals surface area contributed by atoms with Crippen molar-refractivity contribution in [2.45, 2.75) is 38.1 Å². The fourth-order valence-corrected chi connectivity index (χ4v) is 3.65. The van der Waals surface area contributed by atoms with Crippen molar-refractivity contribution in [1.29, 1.82) is 0 Å². The van der Waals surface area contributed by atoms with Crippen LogP contribution in [0.25, 0.3) is 0 Å². The van der Waals surface area contributed by atoms with Gasteiger partial charge in [-0.3, -0.25) is 0 Å². The van der Waals surface area contributed by atoms with Crippen molar-refractivity contribution in [3.8, 4) is 0 Å². The molecule has 2 fully saturated rings. The Kier molecular flexibility index (Phi) is 5.85. The maximum atomic E-state index is 12.4. The molecule has 0 aliphatic carbocycles. The van der Waals surface area contributed by atoms with Crippen LogP contribution in [0.4, 0.5) is 0 Å². The molecule has 0 radical (unpaired) electrons. The Morgan fingerprint density at radius 3 is 1.93 bits per heavy atom. The minimum Gasteiger partial charge on any atom is -0.462 e. The summed E-state index contributed by atoms with van der Waals surface area (Å²) in [6.07, 6.45) is -1.56. The first-order chi connectivity index (χ1) is 14.4. The molecule has 2 aliphatic rings. The number of fused-ring (bicyclic) bond motifs is 1. The van der Waals surface area contributed by atoms with Gasteiger partial charge in [-0.2, -0.15) is 0 Å². The quantitative estimate of drug-likeness (QED) is 0.674. The minimum atomic E-state index is -0.803. The highest BCUT2D eigenvalue weighted by atomic mass is 16.8. The fraction of sp³-hybridized carbons (Fsp3) is 0.391. The predicted octanol–water partition coefficient (Wildman–Crippen LogP) is 3.19. The second kappa shape index (κ2) is 8.55. The Labute approximate surface area is 174 Å². The number of hydrogen-bond acceptors (Lipinski definition) is 7. The first-order valence-electron chi connectivity index (χ1n) is 9.88.